The van der Waals surface area contributed by atoms with Crippen LogP contribution in [0, 0.1) is 5.41 Å². The number of hydrogen-bond acceptors (Lipinski definition) is 4. The highest BCUT2D eigenvalue weighted by Gasteiger charge is 2.50. The standard InChI is InChI=1S/C10H20N2O3/c1-2-10(6-13,7-14)12-8(15)9(5-11)3-4-9/h13-14H,2-7,11H2,1H3,(H,12,15). The number of carbonyl (C=O) groups is 1. The van der Waals surface area contributed by atoms with E-state index in [0.717, 1.165) is 12.8 Å². The molecule has 1 fully saturated rings. The summed E-state index contributed by atoms with van der Waals surface area (Å²) in [6, 6.07) is 0. The predicted octanol–water partition coefficient (Wildman–Crippen LogP) is -1.03. The van der Waals surface area contributed by atoms with Crippen LogP contribution in [0.1, 0.15) is 26.2 Å². The molecule has 0 spiro atoms. The summed E-state index contributed by atoms with van der Waals surface area (Å²) in [4.78, 5) is 11.8. The maximum Gasteiger partial charge on any atom is 0.228 e. The topological polar surface area (TPSA) is 95.6 Å². The molecule has 0 atom stereocenters. The minimum absolute atomic E-state index is 0.144. The predicted molar refractivity (Wildman–Crippen MR) is 56.1 cm³/mol. The number of hydrogen-bond donors (Lipinski definition) is 4. The van der Waals surface area contributed by atoms with Gasteiger partial charge in [-0.1, -0.05) is 6.92 Å². The van der Waals surface area contributed by atoms with Gasteiger partial charge in [-0.25, -0.2) is 0 Å². The summed E-state index contributed by atoms with van der Waals surface area (Å²) in [5, 5.41) is 21.1. The lowest BCUT2D eigenvalue weighted by Crippen LogP contribution is -2.56. The molecule has 0 saturated heterocycles. The molecular formula is C10H20N2O3. The maximum atomic E-state index is 11.8. The highest BCUT2D eigenvalue weighted by atomic mass is 16.3. The number of aliphatic hydroxyl groups is 2. The molecule has 0 unspecified atom stereocenters. The minimum Gasteiger partial charge on any atom is -0.394 e. The van der Waals surface area contributed by atoms with Gasteiger partial charge < -0.3 is 21.3 Å². The van der Waals surface area contributed by atoms with Crippen molar-refractivity contribution in [3.05, 3.63) is 0 Å². The van der Waals surface area contributed by atoms with Gasteiger partial charge in [-0.2, -0.15) is 0 Å². The van der Waals surface area contributed by atoms with Crippen LogP contribution in [0.5, 0.6) is 0 Å². The SMILES string of the molecule is CCC(CO)(CO)NC(=O)C1(CN)CC1. The molecule has 15 heavy (non-hydrogen) atoms. The van der Waals surface area contributed by atoms with E-state index in [-0.39, 0.29) is 19.1 Å². The fourth-order valence-corrected chi connectivity index (χ4v) is 1.49. The number of rotatable bonds is 6. The second kappa shape index (κ2) is 4.47. The quantitative estimate of drug-likeness (QED) is 0.457. The molecule has 88 valence electrons. The third-order valence-electron chi connectivity index (χ3n) is 3.39. The first-order valence-corrected chi connectivity index (χ1v) is 5.32. The lowest BCUT2D eigenvalue weighted by Gasteiger charge is -2.31. The van der Waals surface area contributed by atoms with Crippen LogP contribution in [0.2, 0.25) is 0 Å². The number of amides is 1. The number of nitrogens with one attached hydrogen (secondary N) is 1. The van der Waals surface area contributed by atoms with E-state index in [4.69, 9.17) is 5.73 Å². The number of nitrogens with two attached hydrogens (primary N) is 1. The number of aliphatic hydroxyl groups excluding tert-OH is 2. The van der Waals surface area contributed by atoms with Gasteiger partial charge in [-0.05, 0) is 19.3 Å². The van der Waals surface area contributed by atoms with Crippen LogP contribution >= 0.6 is 0 Å². The van der Waals surface area contributed by atoms with Crippen LogP contribution in [0.3, 0.4) is 0 Å². The van der Waals surface area contributed by atoms with Crippen LogP contribution in [0.25, 0.3) is 0 Å². The zero-order chi connectivity index (χ0) is 11.5. The van der Waals surface area contributed by atoms with E-state index in [2.05, 4.69) is 5.32 Å². The Morgan fingerprint density at radius 3 is 2.27 bits per heavy atom. The van der Waals surface area contributed by atoms with Crippen LogP contribution < -0.4 is 11.1 Å². The Kier molecular flexibility index (Phi) is 3.70. The van der Waals surface area contributed by atoms with Gasteiger partial charge in [0.1, 0.15) is 0 Å². The van der Waals surface area contributed by atoms with Gasteiger partial charge in [0.15, 0.2) is 0 Å². The second-order valence-corrected chi connectivity index (χ2v) is 4.39. The van der Waals surface area contributed by atoms with Gasteiger partial charge in [0, 0.05) is 6.54 Å². The Bertz CT molecular complexity index is 227. The van der Waals surface area contributed by atoms with Crippen molar-refractivity contribution < 1.29 is 15.0 Å². The monoisotopic (exact) mass is 216 g/mol. The van der Waals surface area contributed by atoms with E-state index in [0.29, 0.717) is 13.0 Å². The molecule has 1 aliphatic rings. The summed E-state index contributed by atoms with van der Waals surface area (Å²) in [5.41, 5.74) is 4.19. The van der Waals surface area contributed by atoms with Crippen molar-refractivity contribution in [3.63, 3.8) is 0 Å². The van der Waals surface area contributed by atoms with Crippen LogP contribution in [0.4, 0.5) is 0 Å². The lowest BCUT2D eigenvalue weighted by atomic mass is 9.96. The Balaban J connectivity index is 2.63. The van der Waals surface area contributed by atoms with Gasteiger partial charge in [0.2, 0.25) is 5.91 Å². The van der Waals surface area contributed by atoms with E-state index < -0.39 is 11.0 Å². The van der Waals surface area contributed by atoms with Crippen molar-refractivity contribution in [2.75, 3.05) is 19.8 Å². The molecular weight excluding hydrogens is 196 g/mol. The van der Waals surface area contributed by atoms with Crippen molar-refractivity contribution in [2.24, 2.45) is 11.1 Å². The molecule has 1 aliphatic carbocycles. The van der Waals surface area contributed by atoms with Crippen molar-refractivity contribution >= 4 is 5.91 Å². The largest absolute Gasteiger partial charge is 0.394 e. The maximum absolute atomic E-state index is 11.8. The molecule has 0 heterocycles. The summed E-state index contributed by atoms with van der Waals surface area (Å²) in [6.07, 6.45) is 2.09. The average Bonchev–Trinajstić information content (AvgIpc) is 3.07. The summed E-state index contributed by atoms with van der Waals surface area (Å²) in [7, 11) is 0. The second-order valence-electron chi connectivity index (χ2n) is 4.39. The Hall–Kier alpha value is -0.650. The fourth-order valence-electron chi connectivity index (χ4n) is 1.49. The van der Waals surface area contributed by atoms with Gasteiger partial charge in [0.05, 0.1) is 24.2 Å². The zero-order valence-corrected chi connectivity index (χ0v) is 9.12. The Morgan fingerprint density at radius 2 is 2.00 bits per heavy atom. The van der Waals surface area contributed by atoms with Crippen molar-refractivity contribution in [2.45, 2.75) is 31.7 Å². The van der Waals surface area contributed by atoms with Crippen molar-refractivity contribution in [1.29, 1.82) is 0 Å². The smallest absolute Gasteiger partial charge is 0.228 e. The molecule has 0 aromatic rings. The molecule has 5 N–H and O–H groups in total. The molecule has 5 heteroatoms. The molecule has 0 aliphatic heterocycles. The van der Waals surface area contributed by atoms with Crippen LogP contribution in [-0.2, 0) is 4.79 Å². The normalized spacial score (nSPS) is 18.7. The molecule has 0 bridgehead atoms. The van der Waals surface area contributed by atoms with Crippen molar-refractivity contribution in [3.8, 4) is 0 Å². The Morgan fingerprint density at radius 1 is 1.47 bits per heavy atom. The van der Waals surface area contributed by atoms with E-state index in [1.807, 2.05) is 6.92 Å². The van der Waals surface area contributed by atoms with E-state index in [1.165, 1.54) is 0 Å². The van der Waals surface area contributed by atoms with Gasteiger partial charge in [0.25, 0.3) is 0 Å². The molecule has 1 saturated carbocycles. The van der Waals surface area contributed by atoms with Gasteiger partial charge in [-0.3, -0.25) is 4.79 Å². The van der Waals surface area contributed by atoms with E-state index in [9.17, 15) is 15.0 Å². The van der Waals surface area contributed by atoms with E-state index in [1.54, 1.807) is 0 Å². The zero-order valence-electron chi connectivity index (χ0n) is 9.12. The molecule has 0 aromatic carbocycles. The first kappa shape index (κ1) is 12.4. The minimum atomic E-state index is -0.901. The summed E-state index contributed by atoms with van der Waals surface area (Å²) in [6.45, 7) is 1.63. The van der Waals surface area contributed by atoms with Crippen LogP contribution in [-0.4, -0.2) is 41.4 Å². The molecule has 1 rings (SSSR count). The Labute approximate surface area is 89.7 Å². The van der Waals surface area contributed by atoms with E-state index >= 15 is 0 Å². The third-order valence-corrected chi connectivity index (χ3v) is 3.39. The fraction of sp³-hybridized carbons (Fsp3) is 0.900. The first-order valence-electron chi connectivity index (χ1n) is 5.32. The van der Waals surface area contributed by atoms with Crippen LogP contribution in [0.15, 0.2) is 0 Å². The molecule has 0 aromatic heterocycles. The third kappa shape index (κ3) is 2.30. The molecule has 5 nitrogen and oxygen atoms in total. The van der Waals surface area contributed by atoms with Gasteiger partial charge in [-0.15, -0.1) is 0 Å². The summed E-state index contributed by atoms with van der Waals surface area (Å²) >= 11 is 0. The highest BCUT2D eigenvalue weighted by Crippen LogP contribution is 2.45. The van der Waals surface area contributed by atoms with Crippen molar-refractivity contribution in [1.82, 2.24) is 5.32 Å². The lowest BCUT2D eigenvalue weighted by molar-refractivity contribution is -0.129. The number of carbonyl (C=O) groups excluding carboxylic acids is 1. The summed E-state index contributed by atoms with van der Waals surface area (Å²) in [5.74, 6) is -0.144. The van der Waals surface area contributed by atoms with Gasteiger partial charge >= 0.3 is 0 Å². The first-order chi connectivity index (χ1) is 7.08. The molecule has 0 radical (unpaired) electrons. The highest BCUT2D eigenvalue weighted by molar-refractivity contribution is 5.86. The molecule has 1 amide bonds. The summed E-state index contributed by atoms with van der Waals surface area (Å²) < 4.78 is 0. The average molecular weight is 216 g/mol.